The Bertz CT molecular complexity index is 1130. The highest BCUT2D eigenvalue weighted by Crippen LogP contribution is 2.31. The lowest BCUT2D eigenvalue weighted by atomic mass is 10.00. The average Bonchev–Trinajstić information content (AvgIpc) is 3.25. The van der Waals surface area contributed by atoms with E-state index >= 15 is 0 Å². The number of nitrogens with zero attached hydrogens (tertiary/aromatic N) is 4. The molecular weight excluding hydrogens is 436 g/mol. The smallest absolute Gasteiger partial charge is 0.233 e. The van der Waals surface area contributed by atoms with Gasteiger partial charge in [0.2, 0.25) is 5.91 Å². The molecule has 0 bridgehead atoms. The van der Waals surface area contributed by atoms with Crippen LogP contribution >= 0.6 is 11.8 Å². The largest absolute Gasteiger partial charge is 0.493 e. The third kappa shape index (κ3) is 5.22. The Morgan fingerprint density at radius 1 is 1.15 bits per heavy atom. The van der Waals surface area contributed by atoms with Gasteiger partial charge in [0.1, 0.15) is 0 Å². The second-order valence-corrected chi connectivity index (χ2v) is 8.72. The number of methoxy groups -OCH3 is 1. The second-order valence-electron chi connectivity index (χ2n) is 7.77. The Hall–Kier alpha value is -3.26. The normalized spacial score (nSPS) is 13.8. The average molecular weight is 465 g/mol. The first-order chi connectivity index (χ1) is 16.1. The van der Waals surface area contributed by atoms with Gasteiger partial charge in [0, 0.05) is 19.6 Å². The summed E-state index contributed by atoms with van der Waals surface area (Å²) in [6.45, 7) is 7.70. The SMILES string of the molecule is C=CCn1c(SCC(=O)N2CCc3ccccc3C2)nnc1C(C)Oc1ccccc1OC. The first-order valence-electron chi connectivity index (χ1n) is 10.9. The maximum Gasteiger partial charge on any atom is 0.233 e. The standard InChI is InChI=1S/C25H28N4O3S/c1-4-14-29-24(18(2)32-22-12-8-7-11-21(22)31-3)26-27-25(29)33-17-23(30)28-15-13-19-9-5-6-10-20(19)16-28/h4-12,18H,1,13-17H2,2-3H3. The van der Waals surface area contributed by atoms with Gasteiger partial charge in [-0.25, -0.2) is 0 Å². The highest BCUT2D eigenvalue weighted by Gasteiger charge is 2.23. The van der Waals surface area contributed by atoms with Gasteiger partial charge in [-0.2, -0.15) is 0 Å². The van der Waals surface area contributed by atoms with Gasteiger partial charge in [-0.05, 0) is 36.6 Å². The van der Waals surface area contributed by atoms with Crippen molar-refractivity contribution >= 4 is 17.7 Å². The van der Waals surface area contributed by atoms with Crippen LogP contribution in [0.15, 0.2) is 66.3 Å². The molecule has 1 aliphatic heterocycles. The first kappa shape index (κ1) is 22.9. The maximum absolute atomic E-state index is 12.9. The lowest BCUT2D eigenvalue weighted by molar-refractivity contribution is -0.129. The van der Waals surface area contributed by atoms with E-state index < -0.39 is 0 Å². The number of hydrogen-bond donors (Lipinski definition) is 0. The van der Waals surface area contributed by atoms with E-state index in [4.69, 9.17) is 9.47 Å². The summed E-state index contributed by atoms with van der Waals surface area (Å²) in [6.07, 6.45) is 2.31. The first-order valence-corrected chi connectivity index (χ1v) is 11.9. The van der Waals surface area contributed by atoms with Crippen LogP contribution in [0.5, 0.6) is 11.5 Å². The molecule has 0 saturated carbocycles. The number of allylic oxidation sites excluding steroid dienone is 1. The molecule has 4 rings (SSSR count). The van der Waals surface area contributed by atoms with Crippen molar-refractivity contribution in [1.29, 1.82) is 0 Å². The highest BCUT2D eigenvalue weighted by molar-refractivity contribution is 7.99. The predicted molar refractivity (Wildman–Crippen MR) is 129 cm³/mol. The summed E-state index contributed by atoms with van der Waals surface area (Å²) in [6, 6.07) is 15.8. The zero-order chi connectivity index (χ0) is 23.2. The van der Waals surface area contributed by atoms with Crippen LogP contribution in [0.1, 0.15) is 30.0 Å². The zero-order valence-electron chi connectivity index (χ0n) is 18.9. The zero-order valence-corrected chi connectivity index (χ0v) is 19.8. The summed E-state index contributed by atoms with van der Waals surface area (Å²) >= 11 is 1.39. The van der Waals surface area contributed by atoms with E-state index in [0.717, 1.165) is 13.0 Å². The quantitative estimate of drug-likeness (QED) is 0.348. The van der Waals surface area contributed by atoms with Crippen LogP contribution in [0.2, 0.25) is 0 Å². The van der Waals surface area contributed by atoms with E-state index in [1.807, 2.05) is 46.7 Å². The van der Waals surface area contributed by atoms with E-state index in [1.165, 1.54) is 22.9 Å². The Morgan fingerprint density at radius 2 is 1.88 bits per heavy atom. The van der Waals surface area contributed by atoms with Gasteiger partial charge < -0.3 is 14.4 Å². The van der Waals surface area contributed by atoms with E-state index in [0.29, 0.717) is 41.3 Å². The van der Waals surface area contributed by atoms with Crippen LogP contribution in [0, 0.1) is 0 Å². The summed E-state index contributed by atoms with van der Waals surface area (Å²) in [5, 5.41) is 9.37. The van der Waals surface area contributed by atoms with Gasteiger partial charge >= 0.3 is 0 Å². The van der Waals surface area contributed by atoms with Gasteiger partial charge in [-0.15, -0.1) is 16.8 Å². The van der Waals surface area contributed by atoms with Crippen LogP contribution in [-0.4, -0.2) is 45.0 Å². The number of aromatic nitrogens is 3. The maximum atomic E-state index is 12.9. The number of amides is 1. The number of carbonyl (C=O) groups excluding carboxylic acids is 1. The summed E-state index contributed by atoms with van der Waals surface area (Å²) in [5.41, 5.74) is 2.55. The fourth-order valence-corrected chi connectivity index (χ4v) is 4.75. The minimum atomic E-state index is -0.364. The number of thioether (sulfide) groups is 1. The van der Waals surface area contributed by atoms with E-state index in [1.54, 1.807) is 13.2 Å². The molecule has 8 heteroatoms. The van der Waals surface area contributed by atoms with Crippen molar-refractivity contribution in [1.82, 2.24) is 19.7 Å². The molecule has 3 aromatic rings. The molecule has 0 spiro atoms. The van der Waals surface area contributed by atoms with Gasteiger partial charge in [0.15, 0.2) is 28.6 Å². The number of carbonyl (C=O) groups is 1. The molecule has 1 amide bonds. The Balaban J connectivity index is 1.43. The molecule has 33 heavy (non-hydrogen) atoms. The lowest BCUT2D eigenvalue weighted by Crippen LogP contribution is -2.37. The number of hydrogen-bond acceptors (Lipinski definition) is 6. The fraction of sp³-hybridized carbons (Fsp3) is 0.320. The Kier molecular flexibility index (Phi) is 7.34. The van der Waals surface area contributed by atoms with E-state index in [9.17, 15) is 4.79 Å². The number of rotatable bonds is 9. The number of para-hydroxylation sites is 2. The molecule has 0 saturated heterocycles. The van der Waals surface area contributed by atoms with Crippen LogP contribution in [-0.2, 0) is 24.3 Å². The van der Waals surface area contributed by atoms with Crippen LogP contribution in [0.3, 0.4) is 0 Å². The molecule has 1 atom stereocenters. The fourth-order valence-electron chi connectivity index (χ4n) is 3.89. The van der Waals surface area contributed by atoms with Crippen molar-refractivity contribution in [2.75, 3.05) is 19.4 Å². The topological polar surface area (TPSA) is 69.5 Å². The van der Waals surface area contributed by atoms with Crippen molar-refractivity contribution in [3.63, 3.8) is 0 Å². The number of fused-ring (bicyclic) bond motifs is 1. The van der Waals surface area contributed by atoms with Gasteiger partial charge in [0.25, 0.3) is 0 Å². The summed E-state index contributed by atoms with van der Waals surface area (Å²) in [5.74, 6) is 2.36. The van der Waals surface area contributed by atoms with Crippen molar-refractivity contribution < 1.29 is 14.3 Å². The second kappa shape index (κ2) is 10.6. The molecule has 1 unspecified atom stereocenters. The molecule has 2 aromatic carbocycles. The van der Waals surface area contributed by atoms with Crippen molar-refractivity contribution in [2.24, 2.45) is 0 Å². The molecule has 7 nitrogen and oxygen atoms in total. The molecule has 0 N–H and O–H groups in total. The highest BCUT2D eigenvalue weighted by atomic mass is 32.2. The van der Waals surface area contributed by atoms with E-state index in [2.05, 4.69) is 35.0 Å². The number of benzene rings is 2. The number of ether oxygens (including phenoxy) is 2. The molecule has 0 fully saturated rings. The van der Waals surface area contributed by atoms with Gasteiger partial charge in [-0.3, -0.25) is 9.36 Å². The third-order valence-corrected chi connectivity index (χ3v) is 6.55. The van der Waals surface area contributed by atoms with Crippen molar-refractivity contribution in [2.45, 2.75) is 37.7 Å². The molecular formula is C25H28N4O3S. The van der Waals surface area contributed by atoms with Crippen LogP contribution in [0.25, 0.3) is 0 Å². The summed E-state index contributed by atoms with van der Waals surface area (Å²) in [4.78, 5) is 14.8. The molecule has 0 aliphatic carbocycles. The van der Waals surface area contributed by atoms with Crippen molar-refractivity contribution in [3.8, 4) is 11.5 Å². The van der Waals surface area contributed by atoms with E-state index in [-0.39, 0.29) is 12.0 Å². The predicted octanol–water partition coefficient (Wildman–Crippen LogP) is 4.29. The van der Waals surface area contributed by atoms with Crippen LogP contribution < -0.4 is 9.47 Å². The summed E-state index contributed by atoms with van der Waals surface area (Å²) < 4.78 is 13.4. The van der Waals surface area contributed by atoms with Gasteiger partial charge in [-0.1, -0.05) is 54.2 Å². The van der Waals surface area contributed by atoms with Crippen molar-refractivity contribution in [3.05, 3.63) is 78.1 Å². The lowest BCUT2D eigenvalue weighted by Gasteiger charge is -2.28. The van der Waals surface area contributed by atoms with Gasteiger partial charge in [0.05, 0.1) is 12.9 Å². The summed E-state index contributed by atoms with van der Waals surface area (Å²) in [7, 11) is 1.61. The van der Waals surface area contributed by atoms with Crippen LogP contribution in [0.4, 0.5) is 0 Å². The molecule has 2 heterocycles. The molecule has 172 valence electrons. The minimum absolute atomic E-state index is 0.0996. The molecule has 1 aliphatic rings. The molecule has 1 aromatic heterocycles. The third-order valence-electron chi connectivity index (χ3n) is 5.60. The molecule has 0 radical (unpaired) electrons. The minimum Gasteiger partial charge on any atom is -0.493 e. The monoisotopic (exact) mass is 464 g/mol. The Morgan fingerprint density at radius 3 is 2.64 bits per heavy atom. The Labute approximate surface area is 198 Å².